The zero-order valence-corrected chi connectivity index (χ0v) is 16.3. The molecule has 0 unspecified atom stereocenters. The van der Waals surface area contributed by atoms with Crippen LogP contribution < -0.4 is 4.90 Å². The first-order chi connectivity index (χ1) is 11.7. The summed E-state index contributed by atoms with van der Waals surface area (Å²) in [5.74, 6) is -0.152. The highest BCUT2D eigenvalue weighted by Crippen LogP contribution is 2.30. The van der Waals surface area contributed by atoms with Gasteiger partial charge in [-0.05, 0) is 18.2 Å². The lowest BCUT2D eigenvalue weighted by atomic mass is 10.2. The van der Waals surface area contributed by atoms with Crippen molar-refractivity contribution in [1.82, 2.24) is 18.0 Å². The van der Waals surface area contributed by atoms with E-state index in [1.165, 1.54) is 20.2 Å². The Morgan fingerprint density at radius 2 is 1.80 bits per heavy atom. The molecule has 8 nitrogen and oxygen atoms in total. The van der Waals surface area contributed by atoms with Crippen molar-refractivity contribution in [1.29, 1.82) is 0 Å². The van der Waals surface area contributed by atoms with Gasteiger partial charge in [0.25, 0.3) is 0 Å². The molecule has 0 N–H and O–H groups in total. The molecule has 0 spiro atoms. The largest absolute Gasteiger partial charge is 0.371 e. The summed E-state index contributed by atoms with van der Waals surface area (Å²) in [5.41, 5.74) is 1.66. The van der Waals surface area contributed by atoms with Gasteiger partial charge in [-0.15, -0.1) is 0 Å². The van der Waals surface area contributed by atoms with Crippen molar-refractivity contribution in [2.75, 3.05) is 46.2 Å². The highest BCUT2D eigenvalue weighted by molar-refractivity contribution is 7.89. The molecule has 0 saturated heterocycles. The second kappa shape index (κ2) is 7.46. The van der Waals surface area contributed by atoms with Gasteiger partial charge in [0.1, 0.15) is 15.9 Å². The number of carbonyl (C=O) groups excluding carboxylic acids is 1. The second-order valence-electron chi connectivity index (χ2n) is 5.72. The van der Waals surface area contributed by atoms with E-state index in [4.69, 9.17) is 0 Å². The zero-order chi connectivity index (χ0) is 18.8. The number of aromatic nitrogens is 2. The summed E-state index contributed by atoms with van der Waals surface area (Å²) in [6.07, 6.45) is 1.27. The summed E-state index contributed by atoms with van der Waals surface area (Å²) < 4.78 is 34.5. The average Bonchev–Trinajstić information content (AvgIpc) is 3.06. The van der Waals surface area contributed by atoms with E-state index in [0.717, 1.165) is 21.7 Å². The maximum Gasteiger partial charge on any atom is 0.245 e. The van der Waals surface area contributed by atoms with Crippen LogP contribution in [0, 0.1) is 0 Å². The summed E-state index contributed by atoms with van der Waals surface area (Å²) in [6.45, 7) is 4.52. The lowest BCUT2D eigenvalue weighted by molar-refractivity contribution is -0.124. The fourth-order valence-electron chi connectivity index (χ4n) is 2.23. The minimum Gasteiger partial charge on any atom is -0.371 e. The molecule has 1 amide bonds. The SMILES string of the molecule is C=CC(=O)N(C)CCN(C)c1ccc(S(=O)(=O)N(C)C)c2nsnc12. The Morgan fingerprint density at radius 1 is 1.16 bits per heavy atom. The number of amides is 1. The van der Waals surface area contributed by atoms with Gasteiger partial charge < -0.3 is 9.80 Å². The minimum atomic E-state index is -3.60. The van der Waals surface area contributed by atoms with Crippen LogP contribution in [0.1, 0.15) is 0 Å². The number of rotatable bonds is 7. The first-order valence-electron chi connectivity index (χ1n) is 7.46. The van der Waals surface area contributed by atoms with Crippen molar-refractivity contribution in [3.05, 3.63) is 24.8 Å². The summed E-state index contributed by atoms with van der Waals surface area (Å²) in [7, 11) is 2.92. The van der Waals surface area contributed by atoms with E-state index in [2.05, 4.69) is 15.3 Å². The predicted octanol–water partition coefficient (Wildman–Crippen LogP) is 1.02. The van der Waals surface area contributed by atoms with Crippen molar-refractivity contribution in [3.8, 4) is 0 Å². The van der Waals surface area contributed by atoms with Crippen LogP contribution in [0.2, 0.25) is 0 Å². The molecule has 0 bridgehead atoms. The molecule has 2 aromatic rings. The smallest absolute Gasteiger partial charge is 0.245 e. The number of sulfonamides is 1. The van der Waals surface area contributed by atoms with Crippen LogP contribution in [0.15, 0.2) is 29.7 Å². The third kappa shape index (κ3) is 3.80. The van der Waals surface area contributed by atoms with Gasteiger partial charge in [0.2, 0.25) is 15.9 Å². The summed E-state index contributed by atoms with van der Waals surface area (Å²) >= 11 is 0.972. The van der Waals surface area contributed by atoms with Crippen molar-refractivity contribution in [3.63, 3.8) is 0 Å². The predicted molar refractivity (Wildman–Crippen MR) is 99.4 cm³/mol. The van der Waals surface area contributed by atoms with Crippen molar-refractivity contribution in [2.24, 2.45) is 0 Å². The Kier molecular flexibility index (Phi) is 5.76. The van der Waals surface area contributed by atoms with E-state index in [1.807, 2.05) is 11.9 Å². The number of anilines is 1. The number of hydrogen-bond donors (Lipinski definition) is 0. The number of fused-ring (bicyclic) bond motifs is 1. The number of likely N-dealkylation sites (N-methyl/N-ethyl adjacent to an activating group) is 2. The first kappa shape index (κ1) is 19.3. The van der Waals surface area contributed by atoms with E-state index in [1.54, 1.807) is 24.1 Å². The zero-order valence-electron chi connectivity index (χ0n) is 14.6. The molecule has 1 heterocycles. The average molecular weight is 383 g/mol. The van der Waals surface area contributed by atoms with E-state index in [9.17, 15) is 13.2 Å². The maximum atomic E-state index is 12.4. The van der Waals surface area contributed by atoms with Crippen LogP contribution in [0.25, 0.3) is 11.0 Å². The highest BCUT2D eigenvalue weighted by atomic mass is 32.2. The van der Waals surface area contributed by atoms with Crippen molar-refractivity contribution < 1.29 is 13.2 Å². The van der Waals surface area contributed by atoms with Gasteiger partial charge in [-0.25, -0.2) is 12.7 Å². The van der Waals surface area contributed by atoms with Crippen LogP contribution in [-0.4, -0.2) is 73.6 Å². The van der Waals surface area contributed by atoms with E-state index < -0.39 is 10.0 Å². The van der Waals surface area contributed by atoms with Gasteiger partial charge in [0.05, 0.1) is 17.4 Å². The molecule has 0 atom stereocenters. The number of benzene rings is 1. The van der Waals surface area contributed by atoms with Gasteiger partial charge in [-0.1, -0.05) is 6.58 Å². The first-order valence-corrected chi connectivity index (χ1v) is 9.63. The Morgan fingerprint density at radius 3 is 2.40 bits per heavy atom. The Hall–Kier alpha value is -2.04. The molecule has 0 aliphatic heterocycles. The summed E-state index contributed by atoms with van der Waals surface area (Å²) in [5, 5.41) is 0. The normalized spacial score (nSPS) is 11.7. The molecular weight excluding hydrogens is 362 g/mol. The lowest BCUT2D eigenvalue weighted by Gasteiger charge is -2.23. The van der Waals surface area contributed by atoms with E-state index in [-0.39, 0.29) is 10.8 Å². The van der Waals surface area contributed by atoms with Gasteiger partial charge in [-0.2, -0.15) is 8.75 Å². The number of carbonyl (C=O) groups is 1. The highest BCUT2D eigenvalue weighted by Gasteiger charge is 2.24. The van der Waals surface area contributed by atoms with E-state index >= 15 is 0 Å². The van der Waals surface area contributed by atoms with Crippen LogP contribution in [0.3, 0.4) is 0 Å². The summed E-state index contributed by atoms with van der Waals surface area (Å²) in [6, 6.07) is 3.26. The second-order valence-corrected chi connectivity index (χ2v) is 8.37. The molecule has 0 fully saturated rings. The molecule has 25 heavy (non-hydrogen) atoms. The number of nitrogens with zero attached hydrogens (tertiary/aromatic N) is 5. The molecule has 10 heteroatoms. The molecule has 0 aliphatic carbocycles. The molecule has 0 radical (unpaired) electrons. The Labute approximate surface area is 151 Å². The fraction of sp³-hybridized carbons (Fsp3) is 0.400. The molecule has 0 saturated carbocycles. The number of hydrogen-bond acceptors (Lipinski definition) is 7. The van der Waals surface area contributed by atoms with Gasteiger partial charge in [0, 0.05) is 41.3 Å². The molecule has 136 valence electrons. The third-order valence-corrected chi connectivity index (χ3v) is 6.22. The minimum absolute atomic E-state index is 0.136. The van der Waals surface area contributed by atoms with Crippen LogP contribution >= 0.6 is 11.7 Å². The van der Waals surface area contributed by atoms with Crippen molar-refractivity contribution >= 4 is 44.4 Å². The molecular formula is C15H21N5O3S2. The Balaban J connectivity index is 2.34. The molecule has 2 rings (SSSR count). The quantitative estimate of drug-likeness (QED) is 0.664. The molecule has 1 aromatic carbocycles. The standard InChI is InChI=1S/C15H21N5O3S2/c1-6-13(21)20(5)10-9-19(4)11-7-8-12(25(22,23)18(2)3)15-14(11)16-24-17-15/h6-8H,1,9-10H2,2-5H3. The van der Waals surface area contributed by atoms with Crippen LogP contribution in [-0.2, 0) is 14.8 Å². The topological polar surface area (TPSA) is 86.7 Å². The fourth-order valence-corrected chi connectivity index (χ4v) is 3.88. The molecule has 1 aromatic heterocycles. The monoisotopic (exact) mass is 383 g/mol. The third-order valence-electron chi connectivity index (χ3n) is 3.85. The maximum absolute atomic E-state index is 12.4. The van der Waals surface area contributed by atoms with Gasteiger partial charge >= 0.3 is 0 Å². The Bertz CT molecular complexity index is 892. The van der Waals surface area contributed by atoms with Gasteiger partial charge in [0.15, 0.2) is 0 Å². The van der Waals surface area contributed by atoms with Crippen molar-refractivity contribution in [2.45, 2.75) is 4.90 Å². The van der Waals surface area contributed by atoms with Gasteiger partial charge in [-0.3, -0.25) is 4.79 Å². The van der Waals surface area contributed by atoms with Crippen LogP contribution in [0.5, 0.6) is 0 Å². The van der Waals surface area contributed by atoms with E-state index in [0.29, 0.717) is 24.1 Å². The van der Waals surface area contributed by atoms with Crippen LogP contribution in [0.4, 0.5) is 5.69 Å². The lowest BCUT2D eigenvalue weighted by Crippen LogP contribution is -2.34. The summed E-state index contributed by atoms with van der Waals surface area (Å²) in [4.78, 5) is 15.2. The molecule has 0 aliphatic rings.